The number of rotatable bonds is 3. The summed E-state index contributed by atoms with van der Waals surface area (Å²) in [6.07, 6.45) is 0. The van der Waals surface area contributed by atoms with Gasteiger partial charge >= 0.3 is 0 Å². The van der Waals surface area contributed by atoms with Crippen molar-refractivity contribution in [3.63, 3.8) is 0 Å². The summed E-state index contributed by atoms with van der Waals surface area (Å²) in [5.41, 5.74) is 5.09. The van der Waals surface area contributed by atoms with Crippen molar-refractivity contribution in [2.75, 3.05) is 5.32 Å². The summed E-state index contributed by atoms with van der Waals surface area (Å²) >= 11 is 5.96. The molecule has 3 heteroatoms. The lowest BCUT2D eigenvalue weighted by molar-refractivity contribution is 1.11. The van der Waals surface area contributed by atoms with E-state index in [2.05, 4.69) is 43.4 Å². The lowest BCUT2D eigenvalue weighted by Crippen LogP contribution is -2.03. The number of nitrogens with zero attached hydrogens (tertiary/aromatic N) is 1. The van der Waals surface area contributed by atoms with Crippen LogP contribution in [0.3, 0.4) is 0 Å². The fourth-order valence-electron chi connectivity index (χ4n) is 1.99. The fraction of sp³-hybridized carbons (Fsp3) is 0.188. The summed E-state index contributed by atoms with van der Waals surface area (Å²) in [6.45, 7) is 4.85. The average molecular weight is 271 g/mol. The van der Waals surface area contributed by atoms with Gasteiger partial charge in [0.2, 0.25) is 0 Å². The third-order valence-corrected chi connectivity index (χ3v) is 3.30. The SMILES string of the molecule is Cc1ccc(CNc2cc(Cl)ccc2C#N)c(C)c1. The molecule has 0 atom stereocenters. The smallest absolute Gasteiger partial charge is 0.101 e. The largest absolute Gasteiger partial charge is 0.380 e. The standard InChI is InChI=1S/C16H15ClN2/c1-11-3-4-14(12(2)7-11)10-19-16-8-15(17)6-5-13(16)9-18/h3-8,19H,10H2,1-2H3. The molecule has 0 aliphatic rings. The van der Waals surface area contributed by atoms with Crippen molar-refractivity contribution in [2.45, 2.75) is 20.4 Å². The summed E-state index contributed by atoms with van der Waals surface area (Å²) in [4.78, 5) is 0. The molecule has 2 aromatic rings. The molecule has 0 radical (unpaired) electrons. The van der Waals surface area contributed by atoms with Gasteiger partial charge in [-0.1, -0.05) is 35.4 Å². The normalized spacial score (nSPS) is 10.0. The molecule has 0 bridgehead atoms. The molecule has 0 amide bonds. The lowest BCUT2D eigenvalue weighted by atomic mass is 10.1. The maximum Gasteiger partial charge on any atom is 0.101 e. The summed E-state index contributed by atoms with van der Waals surface area (Å²) < 4.78 is 0. The predicted molar refractivity (Wildman–Crippen MR) is 79.4 cm³/mol. The van der Waals surface area contributed by atoms with Gasteiger partial charge in [-0.05, 0) is 43.2 Å². The van der Waals surface area contributed by atoms with E-state index in [0.29, 0.717) is 17.1 Å². The van der Waals surface area contributed by atoms with Gasteiger partial charge in [-0.25, -0.2) is 0 Å². The Morgan fingerprint density at radius 2 is 1.95 bits per heavy atom. The number of hydrogen-bond donors (Lipinski definition) is 1. The van der Waals surface area contributed by atoms with Crippen LogP contribution in [0.15, 0.2) is 36.4 Å². The van der Waals surface area contributed by atoms with E-state index in [1.54, 1.807) is 18.2 Å². The summed E-state index contributed by atoms with van der Waals surface area (Å²) in [7, 11) is 0. The van der Waals surface area contributed by atoms with Crippen LogP contribution in [0.4, 0.5) is 5.69 Å². The van der Waals surface area contributed by atoms with Crippen molar-refractivity contribution in [3.8, 4) is 6.07 Å². The number of nitriles is 1. The molecule has 2 rings (SSSR count). The van der Waals surface area contributed by atoms with Crippen molar-refractivity contribution >= 4 is 17.3 Å². The number of halogens is 1. The Hall–Kier alpha value is -1.98. The topological polar surface area (TPSA) is 35.8 Å². The molecule has 0 saturated heterocycles. The third kappa shape index (κ3) is 3.27. The van der Waals surface area contributed by atoms with E-state index in [-0.39, 0.29) is 0 Å². The van der Waals surface area contributed by atoms with Gasteiger partial charge < -0.3 is 5.32 Å². The highest BCUT2D eigenvalue weighted by Crippen LogP contribution is 2.21. The number of nitrogens with one attached hydrogen (secondary N) is 1. The molecule has 96 valence electrons. The number of benzene rings is 2. The third-order valence-electron chi connectivity index (χ3n) is 3.07. The molecular formula is C16H15ClN2. The van der Waals surface area contributed by atoms with Crippen LogP contribution in [0.2, 0.25) is 5.02 Å². The van der Waals surface area contributed by atoms with E-state index in [0.717, 1.165) is 5.69 Å². The van der Waals surface area contributed by atoms with Crippen LogP contribution in [0.1, 0.15) is 22.3 Å². The first-order valence-electron chi connectivity index (χ1n) is 6.10. The Balaban J connectivity index is 2.19. The van der Waals surface area contributed by atoms with E-state index in [9.17, 15) is 0 Å². The summed E-state index contributed by atoms with van der Waals surface area (Å²) in [6, 6.07) is 13.7. The van der Waals surface area contributed by atoms with Gasteiger partial charge in [0.25, 0.3) is 0 Å². The van der Waals surface area contributed by atoms with E-state index in [4.69, 9.17) is 16.9 Å². The highest BCUT2D eigenvalue weighted by molar-refractivity contribution is 6.30. The monoisotopic (exact) mass is 270 g/mol. The molecule has 0 saturated carbocycles. The van der Waals surface area contributed by atoms with Gasteiger partial charge in [0, 0.05) is 11.6 Å². The Morgan fingerprint density at radius 3 is 2.63 bits per heavy atom. The molecule has 0 heterocycles. The van der Waals surface area contributed by atoms with Gasteiger partial charge in [0.05, 0.1) is 11.3 Å². The van der Waals surface area contributed by atoms with E-state index in [1.165, 1.54) is 16.7 Å². The lowest BCUT2D eigenvalue weighted by Gasteiger charge is -2.11. The number of anilines is 1. The zero-order valence-corrected chi connectivity index (χ0v) is 11.8. The molecule has 0 unspecified atom stereocenters. The van der Waals surface area contributed by atoms with Crippen molar-refractivity contribution in [2.24, 2.45) is 0 Å². The average Bonchev–Trinajstić information content (AvgIpc) is 2.38. The van der Waals surface area contributed by atoms with Crippen LogP contribution in [0.5, 0.6) is 0 Å². The molecule has 19 heavy (non-hydrogen) atoms. The molecule has 2 nitrogen and oxygen atoms in total. The first-order chi connectivity index (χ1) is 9.10. The van der Waals surface area contributed by atoms with Gasteiger partial charge in [-0.3, -0.25) is 0 Å². The second kappa shape index (κ2) is 5.77. The van der Waals surface area contributed by atoms with Gasteiger partial charge in [-0.15, -0.1) is 0 Å². The Bertz CT molecular complexity index is 642. The first kappa shape index (κ1) is 13.5. The molecular weight excluding hydrogens is 256 g/mol. The minimum atomic E-state index is 0.606. The van der Waals surface area contributed by atoms with Crippen molar-refractivity contribution in [1.82, 2.24) is 0 Å². The minimum Gasteiger partial charge on any atom is -0.380 e. The first-order valence-corrected chi connectivity index (χ1v) is 6.47. The zero-order chi connectivity index (χ0) is 13.8. The maximum atomic E-state index is 9.06. The van der Waals surface area contributed by atoms with Crippen LogP contribution in [0, 0.1) is 25.2 Å². The minimum absolute atomic E-state index is 0.606. The fourth-order valence-corrected chi connectivity index (χ4v) is 2.17. The highest BCUT2D eigenvalue weighted by atomic mass is 35.5. The molecule has 0 aliphatic carbocycles. The van der Waals surface area contributed by atoms with Crippen LogP contribution in [0.25, 0.3) is 0 Å². The van der Waals surface area contributed by atoms with Crippen LogP contribution < -0.4 is 5.32 Å². The second-order valence-electron chi connectivity index (χ2n) is 4.59. The molecule has 0 aromatic heterocycles. The maximum absolute atomic E-state index is 9.06. The molecule has 0 aliphatic heterocycles. The highest BCUT2D eigenvalue weighted by Gasteiger charge is 2.04. The van der Waals surface area contributed by atoms with Crippen LogP contribution in [-0.4, -0.2) is 0 Å². The molecule has 1 N–H and O–H groups in total. The van der Waals surface area contributed by atoms with Crippen molar-refractivity contribution in [1.29, 1.82) is 5.26 Å². The summed E-state index contributed by atoms with van der Waals surface area (Å²) in [5, 5.41) is 13.0. The second-order valence-corrected chi connectivity index (χ2v) is 5.02. The number of hydrogen-bond acceptors (Lipinski definition) is 2. The Morgan fingerprint density at radius 1 is 1.16 bits per heavy atom. The zero-order valence-electron chi connectivity index (χ0n) is 11.0. The van der Waals surface area contributed by atoms with Crippen molar-refractivity contribution in [3.05, 3.63) is 63.7 Å². The Labute approximate surface area is 118 Å². The quantitative estimate of drug-likeness (QED) is 0.895. The molecule has 0 spiro atoms. The van der Waals surface area contributed by atoms with Crippen LogP contribution in [-0.2, 0) is 6.54 Å². The number of aryl methyl sites for hydroxylation is 2. The predicted octanol–water partition coefficient (Wildman–Crippen LogP) is 4.44. The van der Waals surface area contributed by atoms with Crippen LogP contribution >= 0.6 is 11.6 Å². The van der Waals surface area contributed by atoms with Gasteiger partial charge in [0.15, 0.2) is 0 Å². The van der Waals surface area contributed by atoms with E-state index < -0.39 is 0 Å². The van der Waals surface area contributed by atoms with E-state index in [1.807, 2.05) is 0 Å². The van der Waals surface area contributed by atoms with Gasteiger partial charge in [-0.2, -0.15) is 5.26 Å². The van der Waals surface area contributed by atoms with Gasteiger partial charge in [0.1, 0.15) is 6.07 Å². The molecule has 0 fully saturated rings. The Kier molecular flexibility index (Phi) is 4.09. The van der Waals surface area contributed by atoms with E-state index >= 15 is 0 Å². The molecule has 2 aromatic carbocycles. The summed E-state index contributed by atoms with van der Waals surface area (Å²) in [5.74, 6) is 0. The van der Waals surface area contributed by atoms with Crippen molar-refractivity contribution < 1.29 is 0 Å².